The van der Waals surface area contributed by atoms with Gasteiger partial charge < -0.3 is 10.2 Å². The van der Waals surface area contributed by atoms with Gasteiger partial charge in [0.25, 0.3) is 0 Å². The molecule has 1 heterocycles. The van der Waals surface area contributed by atoms with Crippen molar-refractivity contribution >= 4 is 11.7 Å². The van der Waals surface area contributed by atoms with E-state index in [4.69, 9.17) is 0 Å². The lowest BCUT2D eigenvalue weighted by Gasteiger charge is -2.19. The fraction of sp³-hybridized carbons (Fsp3) is 0.529. The van der Waals surface area contributed by atoms with Crippen molar-refractivity contribution in [2.75, 3.05) is 18.0 Å². The van der Waals surface area contributed by atoms with Crippen molar-refractivity contribution in [2.45, 2.75) is 39.7 Å². The van der Waals surface area contributed by atoms with Crippen LogP contribution in [0.2, 0.25) is 0 Å². The maximum absolute atomic E-state index is 11.9. The van der Waals surface area contributed by atoms with E-state index in [-0.39, 0.29) is 5.91 Å². The molecule has 1 aromatic rings. The third-order valence-corrected chi connectivity index (χ3v) is 3.95. The largest absolute Gasteiger partial charge is 0.357 e. The first-order valence-corrected chi connectivity index (χ1v) is 7.86. The third kappa shape index (κ3) is 4.59. The predicted molar refractivity (Wildman–Crippen MR) is 86.1 cm³/mol. The molecule has 1 aliphatic rings. The van der Waals surface area contributed by atoms with E-state index in [0.29, 0.717) is 18.9 Å². The molecule has 0 aliphatic heterocycles. The standard InChI is InChI=1S/C17H25N3O/c1-3-20(4-2)16-10-9-15(12-18-16)13-19-17(21)11-14-7-5-6-8-14/h5,7,9-10,12,14H,3-4,6,8,11,13H2,1-2H3,(H,19,21). The lowest BCUT2D eigenvalue weighted by Crippen LogP contribution is -2.25. The van der Waals surface area contributed by atoms with E-state index in [1.807, 2.05) is 18.3 Å². The number of nitrogens with one attached hydrogen (secondary N) is 1. The van der Waals surface area contributed by atoms with Crippen LogP contribution in [0.1, 0.15) is 38.7 Å². The third-order valence-electron chi connectivity index (χ3n) is 3.95. The number of allylic oxidation sites excluding steroid dienone is 2. The SMILES string of the molecule is CCN(CC)c1ccc(CNC(=O)CC2C=CCC2)cn1. The summed E-state index contributed by atoms with van der Waals surface area (Å²) < 4.78 is 0. The van der Waals surface area contributed by atoms with Gasteiger partial charge in [0.1, 0.15) is 5.82 Å². The van der Waals surface area contributed by atoms with Crippen molar-refractivity contribution in [3.8, 4) is 0 Å². The van der Waals surface area contributed by atoms with Gasteiger partial charge in [-0.2, -0.15) is 0 Å². The minimum Gasteiger partial charge on any atom is -0.357 e. The zero-order valence-corrected chi connectivity index (χ0v) is 13.0. The Balaban J connectivity index is 1.80. The van der Waals surface area contributed by atoms with Crippen LogP contribution in [0.5, 0.6) is 0 Å². The average Bonchev–Trinajstić information content (AvgIpc) is 3.00. The zero-order valence-electron chi connectivity index (χ0n) is 13.0. The Morgan fingerprint density at radius 3 is 2.76 bits per heavy atom. The van der Waals surface area contributed by atoms with Gasteiger partial charge in [-0.15, -0.1) is 0 Å². The topological polar surface area (TPSA) is 45.2 Å². The fourth-order valence-electron chi connectivity index (χ4n) is 2.63. The molecule has 0 fully saturated rings. The highest BCUT2D eigenvalue weighted by atomic mass is 16.1. The highest BCUT2D eigenvalue weighted by Crippen LogP contribution is 2.20. The molecular weight excluding hydrogens is 262 g/mol. The highest BCUT2D eigenvalue weighted by Gasteiger charge is 2.13. The van der Waals surface area contributed by atoms with Crippen LogP contribution in [0.25, 0.3) is 0 Å². The van der Waals surface area contributed by atoms with Crippen molar-refractivity contribution in [3.63, 3.8) is 0 Å². The summed E-state index contributed by atoms with van der Waals surface area (Å²) in [5.74, 6) is 1.54. The summed E-state index contributed by atoms with van der Waals surface area (Å²) in [6.07, 6.45) is 8.97. The molecule has 1 aromatic heterocycles. The molecule has 4 nitrogen and oxygen atoms in total. The molecule has 1 atom stereocenters. The maximum Gasteiger partial charge on any atom is 0.220 e. The number of aromatic nitrogens is 1. The second kappa shape index (κ2) is 7.81. The molecule has 4 heteroatoms. The number of hydrogen-bond donors (Lipinski definition) is 1. The molecule has 0 saturated heterocycles. The van der Waals surface area contributed by atoms with E-state index >= 15 is 0 Å². The van der Waals surface area contributed by atoms with Crippen LogP contribution in [0, 0.1) is 5.92 Å². The van der Waals surface area contributed by atoms with Crippen LogP contribution < -0.4 is 10.2 Å². The second-order valence-corrected chi connectivity index (χ2v) is 5.44. The Labute approximate surface area is 127 Å². The van der Waals surface area contributed by atoms with Crippen LogP contribution in [0.4, 0.5) is 5.82 Å². The van der Waals surface area contributed by atoms with E-state index in [1.54, 1.807) is 0 Å². The summed E-state index contributed by atoms with van der Waals surface area (Å²) >= 11 is 0. The molecule has 0 saturated carbocycles. The van der Waals surface area contributed by atoms with Gasteiger partial charge >= 0.3 is 0 Å². The summed E-state index contributed by atoms with van der Waals surface area (Å²) in [6, 6.07) is 4.06. The molecule has 1 N–H and O–H groups in total. The Kier molecular flexibility index (Phi) is 5.78. The first-order valence-electron chi connectivity index (χ1n) is 7.86. The summed E-state index contributed by atoms with van der Waals surface area (Å²) in [7, 11) is 0. The summed E-state index contributed by atoms with van der Waals surface area (Å²) in [6.45, 7) is 6.71. The first kappa shape index (κ1) is 15.5. The number of carbonyl (C=O) groups excluding carboxylic acids is 1. The maximum atomic E-state index is 11.9. The van der Waals surface area contributed by atoms with Gasteiger partial charge in [-0.3, -0.25) is 4.79 Å². The Bertz CT molecular complexity index is 477. The van der Waals surface area contributed by atoms with E-state index in [0.717, 1.165) is 37.3 Å². The molecule has 0 aromatic carbocycles. The molecule has 0 bridgehead atoms. The Morgan fingerprint density at radius 1 is 1.38 bits per heavy atom. The molecule has 0 radical (unpaired) electrons. The number of carbonyl (C=O) groups is 1. The van der Waals surface area contributed by atoms with Crippen molar-refractivity contribution in [2.24, 2.45) is 5.92 Å². The minimum absolute atomic E-state index is 0.124. The number of amides is 1. The van der Waals surface area contributed by atoms with Crippen molar-refractivity contribution in [3.05, 3.63) is 36.0 Å². The molecular formula is C17H25N3O. The minimum atomic E-state index is 0.124. The Morgan fingerprint density at radius 2 is 2.19 bits per heavy atom. The number of nitrogens with zero attached hydrogens (tertiary/aromatic N) is 2. The normalized spacial score (nSPS) is 17.0. The van der Waals surface area contributed by atoms with Crippen molar-refractivity contribution in [1.29, 1.82) is 0 Å². The second-order valence-electron chi connectivity index (χ2n) is 5.44. The van der Waals surface area contributed by atoms with E-state index in [1.165, 1.54) is 0 Å². The van der Waals surface area contributed by atoms with Gasteiger partial charge in [0.2, 0.25) is 5.91 Å². The van der Waals surface area contributed by atoms with Gasteiger partial charge in [-0.05, 0) is 44.2 Å². The van der Waals surface area contributed by atoms with E-state index in [2.05, 4.69) is 41.2 Å². The van der Waals surface area contributed by atoms with Gasteiger partial charge in [-0.25, -0.2) is 4.98 Å². The number of hydrogen-bond acceptors (Lipinski definition) is 3. The van der Waals surface area contributed by atoms with Gasteiger partial charge in [0, 0.05) is 32.3 Å². The molecule has 21 heavy (non-hydrogen) atoms. The van der Waals surface area contributed by atoms with Crippen LogP contribution in [-0.2, 0) is 11.3 Å². The zero-order chi connectivity index (χ0) is 15.1. The fourth-order valence-corrected chi connectivity index (χ4v) is 2.63. The average molecular weight is 287 g/mol. The summed E-state index contributed by atoms with van der Waals surface area (Å²) in [4.78, 5) is 18.5. The summed E-state index contributed by atoms with van der Waals surface area (Å²) in [5.41, 5.74) is 1.04. The van der Waals surface area contributed by atoms with E-state index < -0.39 is 0 Å². The summed E-state index contributed by atoms with van der Waals surface area (Å²) in [5, 5.41) is 2.98. The number of pyridine rings is 1. The van der Waals surface area contributed by atoms with Gasteiger partial charge in [-0.1, -0.05) is 18.2 Å². The molecule has 1 amide bonds. The molecule has 1 aliphatic carbocycles. The lowest BCUT2D eigenvalue weighted by molar-refractivity contribution is -0.121. The monoisotopic (exact) mass is 287 g/mol. The van der Waals surface area contributed by atoms with Crippen LogP contribution in [0.3, 0.4) is 0 Å². The molecule has 0 spiro atoms. The van der Waals surface area contributed by atoms with Crippen LogP contribution in [0.15, 0.2) is 30.5 Å². The van der Waals surface area contributed by atoms with Gasteiger partial charge in [0.15, 0.2) is 0 Å². The quantitative estimate of drug-likeness (QED) is 0.784. The molecule has 2 rings (SSSR count). The lowest BCUT2D eigenvalue weighted by atomic mass is 10.1. The van der Waals surface area contributed by atoms with Crippen LogP contribution >= 0.6 is 0 Å². The number of anilines is 1. The highest BCUT2D eigenvalue weighted by molar-refractivity contribution is 5.76. The van der Waals surface area contributed by atoms with Crippen LogP contribution in [-0.4, -0.2) is 24.0 Å². The molecule has 114 valence electrons. The van der Waals surface area contributed by atoms with Crippen molar-refractivity contribution in [1.82, 2.24) is 10.3 Å². The van der Waals surface area contributed by atoms with Crippen molar-refractivity contribution < 1.29 is 4.79 Å². The first-order chi connectivity index (χ1) is 10.2. The van der Waals surface area contributed by atoms with E-state index in [9.17, 15) is 4.79 Å². The predicted octanol–water partition coefficient (Wildman–Crippen LogP) is 2.90. The van der Waals surface area contributed by atoms with Gasteiger partial charge in [0.05, 0.1) is 0 Å². The number of rotatable bonds is 7. The smallest absolute Gasteiger partial charge is 0.220 e. The Hall–Kier alpha value is -1.84. The molecule has 1 unspecified atom stereocenters.